The molecule has 29 heteroatoms. The highest BCUT2D eigenvalue weighted by Crippen LogP contribution is 2.22. The summed E-state index contributed by atoms with van der Waals surface area (Å²) in [7, 11) is 0. The van der Waals surface area contributed by atoms with Gasteiger partial charge in [0.2, 0.25) is 35.4 Å². The minimum atomic E-state index is -1.61. The van der Waals surface area contributed by atoms with Crippen LogP contribution in [0.4, 0.5) is 0 Å². The van der Waals surface area contributed by atoms with E-state index >= 15 is 0 Å². The second-order valence-electron chi connectivity index (χ2n) is 18.5. The fourth-order valence-electron chi connectivity index (χ4n) is 8.34. The van der Waals surface area contributed by atoms with E-state index in [4.69, 9.17) is 45.5 Å². The normalized spacial score (nSPS) is 15.9. The average Bonchev–Trinajstić information content (AvgIpc) is 4.09. The number of nitrogens with one attached hydrogen (secondary N) is 9. The number of carbonyl (C=O) groups is 9. The third-order valence-corrected chi connectivity index (χ3v) is 12.6. The molecule has 1 aliphatic heterocycles. The second-order valence-corrected chi connectivity index (χ2v) is 18.5. The molecule has 1 aromatic heterocycles. The van der Waals surface area contributed by atoms with Crippen LogP contribution in [-0.2, 0) is 49.6 Å². The van der Waals surface area contributed by atoms with Crippen molar-refractivity contribution in [3.63, 3.8) is 0 Å². The summed E-state index contributed by atoms with van der Waals surface area (Å²) in [4.78, 5) is 130. The van der Waals surface area contributed by atoms with Crippen molar-refractivity contribution in [2.24, 2.45) is 45.1 Å². The largest absolute Gasteiger partial charge is 0.477 e. The molecule has 25 N–H and O–H groups in total. The van der Waals surface area contributed by atoms with Crippen LogP contribution in [0.25, 0.3) is 10.9 Å². The van der Waals surface area contributed by atoms with Crippen molar-refractivity contribution in [2.75, 3.05) is 52.4 Å². The first-order valence-electron chi connectivity index (χ1n) is 26.0. The first-order valence-corrected chi connectivity index (χ1v) is 26.0. The van der Waals surface area contributed by atoms with Gasteiger partial charge in [-0.15, -0.1) is 0 Å². The van der Waals surface area contributed by atoms with Gasteiger partial charge in [0, 0.05) is 43.2 Å². The molecule has 432 valence electrons. The molecule has 1 aromatic carbocycles. The minimum Gasteiger partial charge on any atom is -0.477 e. The van der Waals surface area contributed by atoms with Crippen molar-refractivity contribution >= 4 is 75.8 Å². The van der Waals surface area contributed by atoms with E-state index in [0.717, 1.165) is 10.9 Å². The third-order valence-electron chi connectivity index (χ3n) is 12.6. The molecule has 2 aromatic rings. The lowest BCUT2D eigenvalue weighted by atomic mass is 10.0. The van der Waals surface area contributed by atoms with Gasteiger partial charge in [0.05, 0.1) is 18.7 Å². The zero-order chi connectivity index (χ0) is 57.7. The molecule has 0 spiro atoms. The minimum absolute atomic E-state index is 0.0403. The number of para-hydroxylation sites is 1. The van der Waals surface area contributed by atoms with Gasteiger partial charge in [0.15, 0.2) is 5.96 Å². The molecule has 0 aliphatic carbocycles. The van der Waals surface area contributed by atoms with Crippen molar-refractivity contribution in [1.29, 1.82) is 5.41 Å². The van der Waals surface area contributed by atoms with Gasteiger partial charge in [0.1, 0.15) is 41.6 Å². The Hall–Kier alpha value is -7.41. The summed E-state index contributed by atoms with van der Waals surface area (Å²) in [6.45, 7) is -0.427. The lowest BCUT2D eigenvalue weighted by Crippen LogP contribution is -2.61. The summed E-state index contributed by atoms with van der Waals surface area (Å²) in [6.07, 6.45) is 3.97. The number of aliphatic imine (C=N–C) groups is 1. The molecule has 1 saturated heterocycles. The number of hydrogen-bond acceptors (Lipinski definition) is 17. The van der Waals surface area contributed by atoms with E-state index in [1.54, 1.807) is 12.3 Å². The van der Waals surface area contributed by atoms with Crippen LogP contribution in [0.15, 0.2) is 47.2 Å². The van der Waals surface area contributed by atoms with E-state index in [1.807, 2.05) is 18.2 Å². The van der Waals surface area contributed by atoms with E-state index in [0.29, 0.717) is 44.2 Å². The molecule has 0 saturated carbocycles. The van der Waals surface area contributed by atoms with E-state index in [2.05, 4.69) is 47.2 Å². The number of aromatic nitrogens is 1. The number of likely N-dealkylation sites (tertiary alicyclic amines) is 1. The lowest BCUT2D eigenvalue weighted by Gasteiger charge is -2.28. The number of aliphatic carboxylic acids is 1. The average molecular weight is 1100 g/mol. The molecule has 0 radical (unpaired) electrons. The van der Waals surface area contributed by atoms with Crippen molar-refractivity contribution in [2.45, 2.75) is 126 Å². The highest BCUT2D eigenvalue weighted by Gasteiger charge is 2.39. The van der Waals surface area contributed by atoms with E-state index in [-0.39, 0.29) is 95.8 Å². The van der Waals surface area contributed by atoms with Crippen LogP contribution >= 0.6 is 0 Å². The summed E-state index contributed by atoms with van der Waals surface area (Å²) in [6, 6.07) is -0.612. The quantitative estimate of drug-likeness (QED) is 0.0133. The molecule has 1 aliphatic rings. The number of rotatable bonds is 35. The Labute approximate surface area is 451 Å². The Kier molecular flexibility index (Phi) is 28.6. The maximum Gasteiger partial charge on any atom is 0.352 e. The number of benzene rings is 1. The molecule has 7 atom stereocenters. The number of guanidine groups is 1. The highest BCUT2D eigenvalue weighted by atomic mass is 16.4. The predicted molar refractivity (Wildman–Crippen MR) is 289 cm³/mol. The van der Waals surface area contributed by atoms with Crippen molar-refractivity contribution in [1.82, 2.24) is 47.1 Å². The van der Waals surface area contributed by atoms with Crippen LogP contribution < -0.4 is 77.4 Å². The number of aliphatic hydroxyl groups excluding tert-OH is 1. The Balaban J connectivity index is 1.85. The first kappa shape index (κ1) is 64.9. The van der Waals surface area contributed by atoms with Gasteiger partial charge in [-0.1, -0.05) is 30.7 Å². The topological polar surface area (TPSA) is 516 Å². The van der Waals surface area contributed by atoms with Gasteiger partial charge in [-0.3, -0.25) is 43.8 Å². The molecule has 2 heterocycles. The number of aromatic amines is 1. The summed E-state index contributed by atoms with van der Waals surface area (Å²) in [5.74, 6) is -8.58. The van der Waals surface area contributed by atoms with Gasteiger partial charge in [-0.05, 0) is 108 Å². The Morgan fingerprint density at radius 3 is 2.10 bits per heavy atom. The monoisotopic (exact) mass is 1100 g/mol. The standard InChI is InChI=1S/C49H80N18O11/c50-18-5-3-11-30(55)41(70)66-40(38(68)25-54)46(75)63-33(17-21-53)42(71)60-27-39(69)61-34(14-7-20-52)47(76)67-23-9-16-37(67)45(74)65-36(24-28-26-59-31-12-2-1-10-29(28)31)44(73)62-32(13-4-6-19-51)43(72)64-35(48(77)78)15-8-22-58-49(56)57/h1-2,10,12,15,26,30,32-33,36-38,40,59,68H,3-9,11,13-14,16-25,27,50-55H2,(H,60,71)(H,62,73)(H,63,75)(H,64,72)(H,65,74)(H,66,70)(H,77,78)(H4,56,57,58)/b35-15-,61-34+/t30-,32-,33-,36-,37-,38-,40-/m0/s1. The molecule has 29 nitrogen and oxygen atoms in total. The predicted octanol–water partition coefficient (Wildman–Crippen LogP) is -5.33. The van der Waals surface area contributed by atoms with Gasteiger partial charge >= 0.3 is 5.97 Å². The number of carbonyl (C=O) groups excluding carboxylic acids is 8. The zero-order valence-corrected chi connectivity index (χ0v) is 43.9. The highest BCUT2D eigenvalue weighted by molar-refractivity contribution is 6.40. The number of hydrogen-bond donors (Lipinski definition) is 18. The molecule has 3 rings (SSSR count). The van der Waals surface area contributed by atoms with E-state index < -0.39 is 114 Å². The molecule has 8 amide bonds. The van der Waals surface area contributed by atoms with Crippen LogP contribution in [-0.4, -0.2) is 180 Å². The number of amides is 8. The lowest BCUT2D eigenvalue weighted by molar-refractivity contribution is -0.137. The van der Waals surface area contributed by atoms with Crippen molar-refractivity contribution < 1.29 is 53.4 Å². The number of unbranched alkanes of at least 4 members (excludes halogenated alkanes) is 2. The number of nitrogens with two attached hydrogens (primary N) is 7. The van der Waals surface area contributed by atoms with Crippen LogP contribution in [0, 0.1) is 5.41 Å². The number of fused-ring (bicyclic) bond motifs is 1. The van der Waals surface area contributed by atoms with Gasteiger partial charge in [0.25, 0.3) is 11.8 Å². The number of carboxylic acid groups (broad SMARTS) is 1. The Morgan fingerprint density at radius 1 is 0.782 bits per heavy atom. The number of carboxylic acids is 1. The second kappa shape index (κ2) is 34.4. The van der Waals surface area contributed by atoms with Gasteiger partial charge in [-0.2, -0.15) is 0 Å². The van der Waals surface area contributed by atoms with Gasteiger partial charge < -0.3 is 97.5 Å². The molecule has 0 bridgehead atoms. The fourth-order valence-corrected chi connectivity index (χ4v) is 8.34. The van der Waals surface area contributed by atoms with E-state index in [9.17, 15) is 53.4 Å². The summed E-state index contributed by atoms with van der Waals surface area (Å²) < 4.78 is 0. The van der Waals surface area contributed by atoms with Crippen LogP contribution in [0.1, 0.15) is 82.6 Å². The molecule has 78 heavy (non-hydrogen) atoms. The van der Waals surface area contributed by atoms with Crippen LogP contribution in [0.3, 0.4) is 0 Å². The molecular formula is C49H80N18O11. The van der Waals surface area contributed by atoms with Crippen LogP contribution in [0.2, 0.25) is 0 Å². The SMILES string of the molecule is N=C(N)NCC/C=C(\NC(=O)[C@H](CCCCN)NC(=O)[C@H](Cc1c[nH]c2ccccc12)NC(=O)[C@@H]1CCCN1C(=O)/C(CCCN)=N/C(=O)CNC(=O)[C@H](CCN)NC(=O)[C@@H](NC(=O)[C@@H](N)CCCCN)[C@@H](O)CN)C(=O)O. The number of H-pyrrole nitrogens is 1. The third kappa shape index (κ3) is 21.2. The summed E-state index contributed by atoms with van der Waals surface area (Å²) in [5.41, 5.74) is 40.2. The van der Waals surface area contributed by atoms with Crippen molar-refractivity contribution in [3.8, 4) is 0 Å². The van der Waals surface area contributed by atoms with E-state index in [1.165, 1.54) is 11.0 Å². The smallest absolute Gasteiger partial charge is 0.352 e. The molecular weight excluding hydrogens is 1020 g/mol. The fraction of sp³-hybridized carbons (Fsp3) is 0.571. The number of nitrogens with zero attached hydrogens (tertiary/aromatic N) is 2. The Bertz CT molecular complexity index is 2430. The molecule has 0 unspecified atom stereocenters. The van der Waals surface area contributed by atoms with Gasteiger partial charge in [-0.25, -0.2) is 9.79 Å². The van der Waals surface area contributed by atoms with Crippen LogP contribution in [0.5, 0.6) is 0 Å². The van der Waals surface area contributed by atoms with Crippen molar-refractivity contribution in [3.05, 3.63) is 47.8 Å². The Morgan fingerprint density at radius 2 is 1.45 bits per heavy atom. The maximum absolute atomic E-state index is 14.4. The zero-order valence-electron chi connectivity index (χ0n) is 43.9. The molecule has 1 fully saturated rings. The summed E-state index contributed by atoms with van der Waals surface area (Å²) >= 11 is 0. The first-order chi connectivity index (χ1) is 37.3. The summed E-state index contributed by atoms with van der Waals surface area (Å²) in [5, 5.41) is 46.0. The maximum atomic E-state index is 14.4. The number of aliphatic hydroxyl groups is 1.